The molecule has 6 heteroatoms. The van der Waals surface area contributed by atoms with Crippen LogP contribution in [-0.4, -0.2) is 14.0 Å². The van der Waals surface area contributed by atoms with E-state index in [4.69, 9.17) is 5.73 Å². The van der Waals surface area contributed by atoms with E-state index in [9.17, 15) is 0 Å². The SMILES string of the molecule is Cc1cc(C(N)c2cnns2)sn1. The fourth-order valence-corrected chi connectivity index (χ4v) is 2.35. The summed E-state index contributed by atoms with van der Waals surface area (Å²) >= 11 is 2.76. The molecule has 2 rings (SSSR count). The molecule has 0 saturated carbocycles. The number of nitrogens with zero attached hydrogens (tertiary/aromatic N) is 3. The first kappa shape index (κ1) is 8.74. The molecule has 4 nitrogen and oxygen atoms in total. The number of rotatable bonds is 2. The number of aryl methyl sites for hydroxylation is 1. The first-order valence-electron chi connectivity index (χ1n) is 3.73. The summed E-state index contributed by atoms with van der Waals surface area (Å²) in [6, 6.07) is 1.88. The van der Waals surface area contributed by atoms with Gasteiger partial charge in [-0.1, -0.05) is 4.49 Å². The Hall–Kier alpha value is -0.850. The van der Waals surface area contributed by atoms with Crippen molar-refractivity contribution in [2.45, 2.75) is 13.0 Å². The third kappa shape index (κ3) is 1.74. The summed E-state index contributed by atoms with van der Waals surface area (Å²) in [7, 11) is 0. The zero-order valence-corrected chi connectivity index (χ0v) is 8.60. The summed E-state index contributed by atoms with van der Waals surface area (Å²) in [5, 5.41) is 3.75. The lowest BCUT2D eigenvalue weighted by molar-refractivity contribution is 0.910. The van der Waals surface area contributed by atoms with E-state index in [-0.39, 0.29) is 6.04 Å². The zero-order valence-electron chi connectivity index (χ0n) is 6.97. The fourth-order valence-electron chi connectivity index (χ4n) is 0.982. The summed E-state index contributed by atoms with van der Waals surface area (Å²) in [6.07, 6.45) is 1.70. The maximum absolute atomic E-state index is 5.97. The number of aromatic nitrogens is 3. The Morgan fingerprint density at radius 1 is 1.38 bits per heavy atom. The van der Waals surface area contributed by atoms with Gasteiger partial charge in [0.15, 0.2) is 0 Å². The summed E-state index contributed by atoms with van der Waals surface area (Å²) in [4.78, 5) is 2.03. The Labute approximate surface area is 83.7 Å². The lowest BCUT2D eigenvalue weighted by Gasteiger charge is -2.02. The topological polar surface area (TPSA) is 64.7 Å². The van der Waals surface area contributed by atoms with Crippen molar-refractivity contribution in [3.8, 4) is 0 Å². The van der Waals surface area contributed by atoms with E-state index in [1.54, 1.807) is 6.20 Å². The monoisotopic (exact) mass is 212 g/mol. The average molecular weight is 212 g/mol. The van der Waals surface area contributed by atoms with E-state index >= 15 is 0 Å². The lowest BCUT2D eigenvalue weighted by Crippen LogP contribution is -2.08. The molecule has 0 spiro atoms. The average Bonchev–Trinajstić information content (AvgIpc) is 2.72. The molecule has 0 fully saturated rings. The van der Waals surface area contributed by atoms with Crippen LogP contribution in [0, 0.1) is 6.92 Å². The van der Waals surface area contributed by atoms with Crippen molar-refractivity contribution in [1.82, 2.24) is 14.0 Å². The van der Waals surface area contributed by atoms with Gasteiger partial charge in [0.1, 0.15) is 0 Å². The van der Waals surface area contributed by atoms with Crippen LogP contribution in [0.25, 0.3) is 0 Å². The molecular weight excluding hydrogens is 204 g/mol. The quantitative estimate of drug-likeness (QED) is 0.816. The van der Waals surface area contributed by atoms with Crippen LogP contribution < -0.4 is 5.73 Å². The second-order valence-electron chi connectivity index (χ2n) is 2.67. The molecule has 2 aromatic heterocycles. The molecule has 0 aliphatic heterocycles. The van der Waals surface area contributed by atoms with Crippen LogP contribution in [-0.2, 0) is 0 Å². The predicted octanol–water partition coefficient (Wildman–Crippen LogP) is 1.35. The molecular formula is C7H8N4S2. The second kappa shape index (κ2) is 3.49. The van der Waals surface area contributed by atoms with Crippen molar-refractivity contribution in [2.24, 2.45) is 5.73 Å². The molecule has 0 radical (unpaired) electrons. The van der Waals surface area contributed by atoms with E-state index < -0.39 is 0 Å². The van der Waals surface area contributed by atoms with Crippen molar-refractivity contribution in [1.29, 1.82) is 0 Å². The molecule has 0 aliphatic rings. The highest BCUT2D eigenvalue weighted by atomic mass is 32.1. The van der Waals surface area contributed by atoms with Gasteiger partial charge in [0.2, 0.25) is 0 Å². The molecule has 1 unspecified atom stereocenters. The summed E-state index contributed by atoms with van der Waals surface area (Å²) < 4.78 is 7.94. The van der Waals surface area contributed by atoms with Crippen molar-refractivity contribution in [3.05, 3.63) is 27.7 Å². The third-order valence-electron chi connectivity index (χ3n) is 1.64. The molecule has 2 heterocycles. The van der Waals surface area contributed by atoms with Crippen molar-refractivity contribution in [2.75, 3.05) is 0 Å². The highest BCUT2D eigenvalue weighted by Gasteiger charge is 2.13. The first-order valence-corrected chi connectivity index (χ1v) is 5.28. The zero-order chi connectivity index (χ0) is 9.26. The Kier molecular flexibility index (Phi) is 2.34. The van der Waals surface area contributed by atoms with Crippen LogP contribution in [0.3, 0.4) is 0 Å². The lowest BCUT2D eigenvalue weighted by atomic mass is 10.2. The standard InChI is InChI=1S/C7H8N4S2/c1-4-2-5(12-10-4)7(8)6-3-9-11-13-6/h2-3,7H,8H2,1H3. The molecule has 0 aliphatic carbocycles. The van der Waals surface area contributed by atoms with Gasteiger partial charge in [-0.15, -0.1) is 5.10 Å². The van der Waals surface area contributed by atoms with Gasteiger partial charge in [0.05, 0.1) is 22.8 Å². The minimum atomic E-state index is -0.119. The minimum absolute atomic E-state index is 0.119. The van der Waals surface area contributed by atoms with Gasteiger partial charge in [0, 0.05) is 4.88 Å². The van der Waals surface area contributed by atoms with E-state index in [0.717, 1.165) is 15.4 Å². The van der Waals surface area contributed by atoms with Crippen LogP contribution in [0.2, 0.25) is 0 Å². The summed E-state index contributed by atoms with van der Waals surface area (Å²) in [6.45, 7) is 1.96. The van der Waals surface area contributed by atoms with Crippen molar-refractivity contribution < 1.29 is 0 Å². The van der Waals surface area contributed by atoms with E-state index in [1.807, 2.05) is 13.0 Å². The van der Waals surface area contributed by atoms with Gasteiger partial charge < -0.3 is 5.73 Å². The van der Waals surface area contributed by atoms with Crippen LogP contribution in [0.1, 0.15) is 21.5 Å². The Balaban J connectivity index is 2.28. The van der Waals surface area contributed by atoms with Crippen LogP contribution in [0.15, 0.2) is 12.3 Å². The summed E-state index contributed by atoms with van der Waals surface area (Å²) in [5.41, 5.74) is 6.98. The number of hydrogen-bond acceptors (Lipinski definition) is 6. The summed E-state index contributed by atoms with van der Waals surface area (Å²) in [5.74, 6) is 0. The normalized spacial score (nSPS) is 13.1. The molecule has 0 saturated heterocycles. The first-order chi connectivity index (χ1) is 6.27. The third-order valence-corrected chi connectivity index (χ3v) is 3.35. The van der Waals surface area contributed by atoms with E-state index in [2.05, 4.69) is 14.0 Å². The fraction of sp³-hybridized carbons (Fsp3) is 0.286. The Bertz CT molecular complexity index is 381. The van der Waals surface area contributed by atoms with Crippen molar-refractivity contribution >= 4 is 23.1 Å². The Morgan fingerprint density at radius 2 is 2.23 bits per heavy atom. The molecule has 1 atom stereocenters. The van der Waals surface area contributed by atoms with Gasteiger partial charge in [0.25, 0.3) is 0 Å². The predicted molar refractivity (Wildman–Crippen MR) is 52.8 cm³/mol. The van der Waals surface area contributed by atoms with Gasteiger partial charge >= 0.3 is 0 Å². The van der Waals surface area contributed by atoms with Crippen LogP contribution in [0.4, 0.5) is 0 Å². The number of hydrogen-bond donors (Lipinski definition) is 1. The molecule has 0 bridgehead atoms. The highest BCUT2D eigenvalue weighted by molar-refractivity contribution is 7.07. The van der Waals surface area contributed by atoms with E-state index in [0.29, 0.717) is 0 Å². The second-order valence-corrected chi connectivity index (χ2v) is 4.32. The number of nitrogens with two attached hydrogens (primary N) is 1. The van der Waals surface area contributed by atoms with Crippen molar-refractivity contribution in [3.63, 3.8) is 0 Å². The van der Waals surface area contributed by atoms with Gasteiger partial charge in [-0.2, -0.15) is 4.37 Å². The highest BCUT2D eigenvalue weighted by Crippen LogP contribution is 2.24. The van der Waals surface area contributed by atoms with Gasteiger partial charge in [-0.25, -0.2) is 0 Å². The maximum atomic E-state index is 5.97. The molecule has 13 heavy (non-hydrogen) atoms. The smallest absolute Gasteiger partial charge is 0.0788 e. The van der Waals surface area contributed by atoms with Crippen LogP contribution >= 0.6 is 23.1 Å². The van der Waals surface area contributed by atoms with Gasteiger partial charge in [-0.05, 0) is 36.1 Å². The maximum Gasteiger partial charge on any atom is 0.0788 e. The van der Waals surface area contributed by atoms with Gasteiger partial charge in [-0.3, -0.25) is 0 Å². The van der Waals surface area contributed by atoms with E-state index in [1.165, 1.54) is 23.1 Å². The van der Waals surface area contributed by atoms with Crippen LogP contribution in [0.5, 0.6) is 0 Å². The largest absolute Gasteiger partial charge is 0.319 e. The molecule has 0 amide bonds. The molecule has 68 valence electrons. The molecule has 2 N–H and O–H groups in total. The molecule has 2 aromatic rings. The minimum Gasteiger partial charge on any atom is -0.319 e. The molecule has 0 aromatic carbocycles. The Morgan fingerprint density at radius 3 is 2.77 bits per heavy atom.